The molecule has 0 unspecified atom stereocenters. The summed E-state index contributed by atoms with van der Waals surface area (Å²) in [6, 6.07) is 4.83. The molecular formula is C13H15ClFN3O. The Hall–Kier alpha value is -1.46. The van der Waals surface area contributed by atoms with Gasteiger partial charge in [0.05, 0.1) is 10.4 Å². The lowest BCUT2D eigenvalue weighted by atomic mass is 9.94. The van der Waals surface area contributed by atoms with Crippen LogP contribution < -0.4 is 5.73 Å². The van der Waals surface area contributed by atoms with Crippen molar-refractivity contribution in [1.29, 1.82) is 0 Å². The van der Waals surface area contributed by atoms with Crippen molar-refractivity contribution in [2.75, 3.05) is 6.54 Å². The highest BCUT2D eigenvalue weighted by molar-refractivity contribution is 6.30. The molecule has 0 saturated carbocycles. The van der Waals surface area contributed by atoms with E-state index in [4.69, 9.17) is 21.9 Å². The summed E-state index contributed by atoms with van der Waals surface area (Å²) in [5, 5.41) is 3.93. The van der Waals surface area contributed by atoms with Crippen LogP contribution in [-0.4, -0.2) is 16.7 Å². The second-order valence-electron chi connectivity index (χ2n) is 4.99. The molecule has 6 heteroatoms. The first-order valence-corrected chi connectivity index (χ1v) is 6.28. The maximum atomic E-state index is 13.8. The SMILES string of the molecule is CC(C)(CN)c1nc(Cc2cccc(Cl)c2F)no1. The highest BCUT2D eigenvalue weighted by Gasteiger charge is 2.26. The molecule has 1 aromatic carbocycles. The summed E-state index contributed by atoms with van der Waals surface area (Å²) in [7, 11) is 0. The molecule has 0 aliphatic heterocycles. The van der Waals surface area contributed by atoms with Crippen LogP contribution in [0.15, 0.2) is 22.7 Å². The Morgan fingerprint density at radius 3 is 2.84 bits per heavy atom. The van der Waals surface area contributed by atoms with Gasteiger partial charge in [-0.3, -0.25) is 0 Å². The van der Waals surface area contributed by atoms with Gasteiger partial charge in [-0.25, -0.2) is 4.39 Å². The van der Waals surface area contributed by atoms with E-state index < -0.39 is 11.2 Å². The molecule has 0 saturated heterocycles. The van der Waals surface area contributed by atoms with Crippen molar-refractivity contribution in [1.82, 2.24) is 10.1 Å². The molecule has 4 nitrogen and oxygen atoms in total. The molecule has 2 N–H and O–H groups in total. The average Bonchev–Trinajstić information content (AvgIpc) is 2.84. The van der Waals surface area contributed by atoms with E-state index in [0.29, 0.717) is 23.8 Å². The minimum Gasteiger partial charge on any atom is -0.339 e. The van der Waals surface area contributed by atoms with Crippen molar-refractivity contribution in [2.24, 2.45) is 5.73 Å². The van der Waals surface area contributed by atoms with Crippen molar-refractivity contribution in [3.8, 4) is 0 Å². The first kappa shape index (κ1) is 14.0. The van der Waals surface area contributed by atoms with Gasteiger partial charge in [0.2, 0.25) is 5.89 Å². The third-order valence-electron chi connectivity index (χ3n) is 2.94. The lowest BCUT2D eigenvalue weighted by molar-refractivity contribution is 0.309. The van der Waals surface area contributed by atoms with E-state index in [2.05, 4.69) is 10.1 Å². The fourth-order valence-corrected chi connectivity index (χ4v) is 1.74. The number of benzene rings is 1. The summed E-state index contributed by atoms with van der Waals surface area (Å²) in [4.78, 5) is 4.25. The van der Waals surface area contributed by atoms with Crippen LogP contribution in [0.3, 0.4) is 0 Å². The Balaban J connectivity index is 2.23. The number of halogens is 2. The number of nitrogens with zero attached hydrogens (tertiary/aromatic N) is 2. The van der Waals surface area contributed by atoms with Crippen molar-refractivity contribution in [2.45, 2.75) is 25.7 Å². The summed E-state index contributed by atoms with van der Waals surface area (Å²) in [6.45, 7) is 4.20. The molecule has 1 heterocycles. The second kappa shape index (κ2) is 5.27. The van der Waals surface area contributed by atoms with Crippen molar-refractivity contribution in [3.63, 3.8) is 0 Å². The molecule has 2 rings (SSSR count). The Kier molecular flexibility index (Phi) is 3.87. The Labute approximate surface area is 115 Å². The Morgan fingerprint density at radius 1 is 1.42 bits per heavy atom. The number of hydrogen-bond donors (Lipinski definition) is 1. The van der Waals surface area contributed by atoms with Crippen LogP contribution in [0.1, 0.15) is 31.1 Å². The number of rotatable bonds is 4. The number of hydrogen-bond acceptors (Lipinski definition) is 4. The van der Waals surface area contributed by atoms with E-state index in [1.54, 1.807) is 12.1 Å². The quantitative estimate of drug-likeness (QED) is 0.937. The third-order valence-corrected chi connectivity index (χ3v) is 3.23. The maximum absolute atomic E-state index is 13.8. The fraction of sp³-hybridized carbons (Fsp3) is 0.385. The zero-order valence-electron chi connectivity index (χ0n) is 10.8. The van der Waals surface area contributed by atoms with E-state index in [1.165, 1.54) is 6.07 Å². The van der Waals surface area contributed by atoms with E-state index in [1.807, 2.05) is 13.8 Å². The van der Waals surface area contributed by atoms with Crippen LogP contribution in [-0.2, 0) is 11.8 Å². The van der Waals surface area contributed by atoms with E-state index in [9.17, 15) is 4.39 Å². The molecule has 0 spiro atoms. The predicted octanol–water partition coefficient (Wildman–Crippen LogP) is 2.69. The van der Waals surface area contributed by atoms with Gasteiger partial charge in [-0.2, -0.15) is 4.98 Å². The molecule has 0 amide bonds. The minimum absolute atomic E-state index is 0.0866. The van der Waals surface area contributed by atoms with Gasteiger partial charge in [0.25, 0.3) is 0 Å². The molecule has 0 atom stereocenters. The zero-order valence-corrected chi connectivity index (χ0v) is 11.5. The van der Waals surface area contributed by atoms with Gasteiger partial charge in [0, 0.05) is 13.0 Å². The molecule has 0 radical (unpaired) electrons. The van der Waals surface area contributed by atoms with E-state index in [0.717, 1.165) is 0 Å². The van der Waals surface area contributed by atoms with Crippen LogP contribution >= 0.6 is 11.6 Å². The number of nitrogens with two attached hydrogens (primary N) is 1. The third kappa shape index (κ3) is 2.93. The van der Waals surface area contributed by atoms with Crippen LogP contribution in [0.5, 0.6) is 0 Å². The minimum atomic E-state index is -0.450. The van der Waals surface area contributed by atoms with Gasteiger partial charge in [-0.05, 0) is 25.5 Å². The summed E-state index contributed by atoms with van der Waals surface area (Å²) in [5.74, 6) is 0.415. The highest BCUT2D eigenvalue weighted by atomic mass is 35.5. The smallest absolute Gasteiger partial charge is 0.233 e. The van der Waals surface area contributed by atoms with Gasteiger partial charge < -0.3 is 10.3 Å². The first-order chi connectivity index (χ1) is 8.94. The maximum Gasteiger partial charge on any atom is 0.233 e. The Bertz CT molecular complexity index is 583. The lowest BCUT2D eigenvalue weighted by Crippen LogP contribution is -2.28. The standard InChI is InChI=1S/C13H15ClFN3O/c1-13(2,7-16)12-17-10(18-19-12)6-8-4-3-5-9(14)11(8)15/h3-5H,6-7,16H2,1-2H3. The van der Waals surface area contributed by atoms with E-state index >= 15 is 0 Å². The van der Waals surface area contributed by atoms with Crippen LogP contribution in [0.25, 0.3) is 0 Å². The van der Waals surface area contributed by atoms with Crippen LogP contribution in [0, 0.1) is 5.82 Å². The lowest BCUT2D eigenvalue weighted by Gasteiger charge is -2.15. The van der Waals surface area contributed by atoms with E-state index in [-0.39, 0.29) is 11.4 Å². The normalized spacial score (nSPS) is 11.8. The monoisotopic (exact) mass is 283 g/mol. The molecule has 102 valence electrons. The second-order valence-corrected chi connectivity index (χ2v) is 5.40. The largest absolute Gasteiger partial charge is 0.339 e. The van der Waals surface area contributed by atoms with Gasteiger partial charge in [-0.1, -0.05) is 28.9 Å². The summed E-state index contributed by atoms with van der Waals surface area (Å²) >= 11 is 5.72. The Morgan fingerprint density at radius 2 is 2.16 bits per heavy atom. The number of aromatic nitrogens is 2. The molecular weight excluding hydrogens is 269 g/mol. The topological polar surface area (TPSA) is 64.9 Å². The predicted molar refractivity (Wildman–Crippen MR) is 70.6 cm³/mol. The average molecular weight is 284 g/mol. The fourth-order valence-electron chi connectivity index (χ4n) is 1.54. The summed E-state index contributed by atoms with van der Waals surface area (Å²) in [5.41, 5.74) is 5.68. The van der Waals surface area contributed by atoms with Crippen molar-refractivity contribution < 1.29 is 8.91 Å². The molecule has 1 aromatic heterocycles. The van der Waals surface area contributed by atoms with Crippen molar-refractivity contribution in [3.05, 3.63) is 46.3 Å². The van der Waals surface area contributed by atoms with Gasteiger partial charge in [-0.15, -0.1) is 0 Å². The van der Waals surface area contributed by atoms with Gasteiger partial charge in [0.1, 0.15) is 5.82 Å². The summed E-state index contributed by atoms with van der Waals surface area (Å²) in [6.07, 6.45) is 0.233. The molecule has 0 aliphatic carbocycles. The zero-order chi connectivity index (χ0) is 14.0. The molecule has 0 bridgehead atoms. The van der Waals surface area contributed by atoms with Crippen molar-refractivity contribution >= 4 is 11.6 Å². The highest BCUT2D eigenvalue weighted by Crippen LogP contribution is 2.22. The van der Waals surface area contributed by atoms with Gasteiger partial charge >= 0.3 is 0 Å². The molecule has 2 aromatic rings. The van der Waals surface area contributed by atoms with Crippen LogP contribution in [0.2, 0.25) is 5.02 Å². The molecule has 0 fully saturated rings. The molecule has 0 aliphatic rings. The summed E-state index contributed by atoms with van der Waals surface area (Å²) < 4.78 is 18.9. The van der Waals surface area contributed by atoms with Crippen LogP contribution in [0.4, 0.5) is 4.39 Å². The first-order valence-electron chi connectivity index (χ1n) is 5.90. The van der Waals surface area contributed by atoms with Gasteiger partial charge in [0.15, 0.2) is 5.82 Å². The molecule has 19 heavy (non-hydrogen) atoms.